The third kappa shape index (κ3) is 3.48. The van der Waals surface area contributed by atoms with E-state index < -0.39 is 0 Å². The van der Waals surface area contributed by atoms with Gasteiger partial charge in [0.2, 0.25) is 0 Å². The molecule has 2 aromatic rings. The van der Waals surface area contributed by atoms with Gasteiger partial charge in [-0.2, -0.15) is 0 Å². The molecule has 0 atom stereocenters. The molecule has 0 radical (unpaired) electrons. The van der Waals surface area contributed by atoms with E-state index in [0.717, 1.165) is 17.9 Å². The van der Waals surface area contributed by atoms with E-state index in [1.807, 2.05) is 24.3 Å². The number of hydrogen-bond acceptors (Lipinski definition) is 4. The molecule has 0 unspecified atom stereocenters. The number of H-pyrrole nitrogens is 1. The highest BCUT2D eigenvalue weighted by Gasteiger charge is 2.05. The van der Waals surface area contributed by atoms with Gasteiger partial charge >= 0.3 is 0 Å². The Hall–Kier alpha value is -2.01. The monoisotopic (exact) mass is 279 g/mol. The van der Waals surface area contributed by atoms with Gasteiger partial charge in [-0.3, -0.25) is 4.79 Å². The SMILES string of the molecule is CCCOc1ccc(Nc2nc[nH]c(=O)c2Cl)cc1. The molecule has 0 amide bonds. The molecule has 0 saturated carbocycles. The predicted octanol–water partition coefficient (Wildman–Crippen LogP) is 2.96. The van der Waals surface area contributed by atoms with Crippen LogP contribution in [-0.4, -0.2) is 16.6 Å². The topological polar surface area (TPSA) is 67.0 Å². The first-order valence-corrected chi connectivity index (χ1v) is 6.31. The van der Waals surface area contributed by atoms with Gasteiger partial charge in [0.25, 0.3) is 5.56 Å². The smallest absolute Gasteiger partial charge is 0.271 e. The van der Waals surface area contributed by atoms with Gasteiger partial charge in [-0.25, -0.2) is 4.98 Å². The van der Waals surface area contributed by atoms with Crippen molar-refractivity contribution in [1.82, 2.24) is 9.97 Å². The molecule has 0 aliphatic rings. The van der Waals surface area contributed by atoms with Crippen molar-refractivity contribution in [2.45, 2.75) is 13.3 Å². The summed E-state index contributed by atoms with van der Waals surface area (Å²) in [6, 6.07) is 7.37. The Bertz CT molecular complexity index is 596. The van der Waals surface area contributed by atoms with Gasteiger partial charge in [-0.1, -0.05) is 18.5 Å². The fourth-order valence-electron chi connectivity index (χ4n) is 1.46. The summed E-state index contributed by atoms with van der Waals surface area (Å²) in [5.74, 6) is 1.13. The van der Waals surface area contributed by atoms with Gasteiger partial charge < -0.3 is 15.0 Å². The standard InChI is InChI=1S/C13H14ClN3O2/c1-2-7-19-10-5-3-9(4-6-10)17-12-11(14)13(18)16-8-15-12/h3-6,8H,2,7H2,1H3,(H2,15,16,17,18). The van der Waals surface area contributed by atoms with Gasteiger partial charge in [0.1, 0.15) is 10.8 Å². The molecule has 0 aliphatic heterocycles. The third-order valence-corrected chi connectivity index (χ3v) is 2.74. The fraction of sp³-hybridized carbons (Fsp3) is 0.231. The molecule has 0 fully saturated rings. The van der Waals surface area contributed by atoms with Crippen LogP contribution in [0.1, 0.15) is 13.3 Å². The lowest BCUT2D eigenvalue weighted by molar-refractivity contribution is 0.317. The van der Waals surface area contributed by atoms with Crippen LogP contribution in [0, 0.1) is 0 Å². The lowest BCUT2D eigenvalue weighted by atomic mass is 10.3. The summed E-state index contributed by atoms with van der Waals surface area (Å²) in [6.45, 7) is 2.74. The summed E-state index contributed by atoms with van der Waals surface area (Å²) in [4.78, 5) is 17.7. The first-order valence-electron chi connectivity index (χ1n) is 5.93. The Morgan fingerprint density at radius 3 is 2.79 bits per heavy atom. The van der Waals surface area contributed by atoms with Crippen LogP contribution in [-0.2, 0) is 0 Å². The molecular weight excluding hydrogens is 266 g/mol. The Labute approximate surface area is 115 Å². The highest BCUT2D eigenvalue weighted by molar-refractivity contribution is 6.32. The Morgan fingerprint density at radius 1 is 1.37 bits per heavy atom. The van der Waals surface area contributed by atoms with Gasteiger partial charge in [0.05, 0.1) is 12.9 Å². The summed E-state index contributed by atoms with van der Waals surface area (Å²) in [6.07, 6.45) is 2.27. The average Bonchev–Trinajstić information content (AvgIpc) is 2.43. The zero-order valence-electron chi connectivity index (χ0n) is 10.4. The summed E-state index contributed by atoms with van der Waals surface area (Å²) in [5.41, 5.74) is 0.408. The second kappa shape index (κ2) is 6.24. The average molecular weight is 280 g/mol. The zero-order chi connectivity index (χ0) is 13.7. The molecule has 19 heavy (non-hydrogen) atoms. The Morgan fingerprint density at radius 2 is 2.11 bits per heavy atom. The van der Waals surface area contributed by atoms with Gasteiger partial charge in [0.15, 0.2) is 5.82 Å². The van der Waals surface area contributed by atoms with Crippen molar-refractivity contribution in [1.29, 1.82) is 0 Å². The van der Waals surface area contributed by atoms with E-state index in [-0.39, 0.29) is 10.6 Å². The molecule has 100 valence electrons. The van der Waals surface area contributed by atoms with Crippen molar-refractivity contribution in [3.05, 3.63) is 46.0 Å². The molecule has 5 nitrogen and oxygen atoms in total. The number of ether oxygens (including phenoxy) is 1. The summed E-state index contributed by atoms with van der Waals surface area (Å²) in [5, 5.41) is 3.01. The number of benzene rings is 1. The van der Waals surface area contributed by atoms with E-state index in [0.29, 0.717) is 12.4 Å². The number of aromatic amines is 1. The molecule has 2 rings (SSSR count). The number of hydrogen-bond donors (Lipinski definition) is 2. The van der Waals surface area contributed by atoms with Crippen LogP contribution in [0.2, 0.25) is 5.02 Å². The number of anilines is 2. The number of nitrogens with zero attached hydrogens (tertiary/aromatic N) is 1. The maximum Gasteiger partial charge on any atom is 0.271 e. The molecule has 0 bridgehead atoms. The van der Waals surface area contributed by atoms with Crippen LogP contribution in [0.25, 0.3) is 0 Å². The minimum atomic E-state index is -0.373. The molecule has 1 heterocycles. The van der Waals surface area contributed by atoms with E-state index in [1.165, 1.54) is 6.33 Å². The first-order chi connectivity index (χ1) is 9.20. The largest absolute Gasteiger partial charge is 0.494 e. The Kier molecular flexibility index (Phi) is 4.41. The highest BCUT2D eigenvalue weighted by atomic mass is 35.5. The summed E-state index contributed by atoms with van der Waals surface area (Å²) in [7, 11) is 0. The van der Waals surface area contributed by atoms with E-state index in [9.17, 15) is 4.79 Å². The van der Waals surface area contributed by atoms with E-state index >= 15 is 0 Å². The molecular formula is C13H14ClN3O2. The summed E-state index contributed by atoms with van der Waals surface area (Å²) < 4.78 is 5.48. The minimum absolute atomic E-state index is 0.0359. The van der Waals surface area contributed by atoms with Crippen LogP contribution >= 0.6 is 11.6 Å². The van der Waals surface area contributed by atoms with Crippen molar-refractivity contribution < 1.29 is 4.74 Å². The fourth-order valence-corrected chi connectivity index (χ4v) is 1.61. The van der Waals surface area contributed by atoms with Crippen molar-refractivity contribution >= 4 is 23.1 Å². The van der Waals surface area contributed by atoms with Crippen LogP contribution < -0.4 is 15.6 Å². The maximum atomic E-state index is 11.3. The van der Waals surface area contributed by atoms with Crippen LogP contribution in [0.5, 0.6) is 5.75 Å². The van der Waals surface area contributed by atoms with Crippen LogP contribution in [0.15, 0.2) is 35.4 Å². The lowest BCUT2D eigenvalue weighted by Gasteiger charge is -2.08. The number of halogens is 1. The van der Waals surface area contributed by atoms with Crippen molar-refractivity contribution in [3.8, 4) is 5.75 Å². The number of rotatable bonds is 5. The summed E-state index contributed by atoms with van der Waals surface area (Å²) >= 11 is 5.85. The molecule has 1 aromatic carbocycles. The molecule has 0 aliphatic carbocycles. The molecule has 1 aromatic heterocycles. The third-order valence-electron chi connectivity index (χ3n) is 2.39. The number of aromatic nitrogens is 2. The lowest BCUT2D eigenvalue weighted by Crippen LogP contribution is -2.09. The quantitative estimate of drug-likeness (QED) is 0.883. The van der Waals surface area contributed by atoms with E-state index in [2.05, 4.69) is 22.2 Å². The van der Waals surface area contributed by atoms with Crippen molar-refractivity contribution in [2.75, 3.05) is 11.9 Å². The molecule has 0 saturated heterocycles. The van der Waals surface area contributed by atoms with Crippen molar-refractivity contribution in [2.24, 2.45) is 0 Å². The Balaban J connectivity index is 2.11. The van der Waals surface area contributed by atoms with Crippen molar-refractivity contribution in [3.63, 3.8) is 0 Å². The second-order valence-corrected chi connectivity index (χ2v) is 4.27. The first kappa shape index (κ1) is 13.4. The van der Waals surface area contributed by atoms with Gasteiger partial charge in [0, 0.05) is 5.69 Å². The van der Waals surface area contributed by atoms with Crippen LogP contribution in [0.3, 0.4) is 0 Å². The minimum Gasteiger partial charge on any atom is -0.494 e. The number of nitrogens with one attached hydrogen (secondary N) is 2. The second-order valence-electron chi connectivity index (χ2n) is 3.89. The van der Waals surface area contributed by atoms with E-state index in [1.54, 1.807) is 0 Å². The predicted molar refractivity (Wildman–Crippen MR) is 75.4 cm³/mol. The maximum absolute atomic E-state index is 11.3. The van der Waals surface area contributed by atoms with Gasteiger partial charge in [-0.05, 0) is 30.7 Å². The van der Waals surface area contributed by atoms with E-state index in [4.69, 9.17) is 16.3 Å². The zero-order valence-corrected chi connectivity index (χ0v) is 11.2. The van der Waals surface area contributed by atoms with Gasteiger partial charge in [-0.15, -0.1) is 0 Å². The molecule has 0 spiro atoms. The highest BCUT2D eigenvalue weighted by Crippen LogP contribution is 2.21. The molecule has 2 N–H and O–H groups in total. The van der Waals surface area contributed by atoms with Crippen LogP contribution in [0.4, 0.5) is 11.5 Å². The molecule has 6 heteroatoms. The normalized spacial score (nSPS) is 10.2.